The minimum Gasteiger partial charge on any atom is -0.210 e. The van der Waals surface area contributed by atoms with Crippen molar-refractivity contribution in [1.29, 1.82) is 0 Å². The first-order chi connectivity index (χ1) is 8.27. The van der Waals surface area contributed by atoms with Crippen LogP contribution >= 0.6 is 11.6 Å². The molecule has 1 aromatic rings. The normalized spacial score (nSPS) is 13.6. The van der Waals surface area contributed by atoms with Gasteiger partial charge in [-0.1, -0.05) is 6.92 Å². The number of benzene rings is 1. The first-order valence-corrected chi connectivity index (χ1v) is 7.60. The lowest BCUT2D eigenvalue weighted by Gasteiger charge is -2.13. The van der Waals surface area contributed by atoms with E-state index in [4.69, 9.17) is 11.6 Å². The van der Waals surface area contributed by atoms with Gasteiger partial charge in [-0.05, 0) is 43.5 Å². The average molecular weight is 294 g/mol. The molecule has 0 fully saturated rings. The van der Waals surface area contributed by atoms with Gasteiger partial charge in [-0.2, -0.15) is 0 Å². The summed E-state index contributed by atoms with van der Waals surface area (Å²) < 4.78 is 39.8. The Hall–Kier alpha value is -0.650. The molecule has 0 aliphatic heterocycles. The number of alkyl halides is 1. The van der Waals surface area contributed by atoms with Gasteiger partial charge in [0.25, 0.3) is 0 Å². The molecule has 0 amide bonds. The fourth-order valence-corrected chi connectivity index (χ4v) is 3.44. The fraction of sp³-hybridized carbons (Fsp3) is 0.500. The second-order valence-corrected chi connectivity index (χ2v) is 6.55. The molecule has 0 radical (unpaired) electrons. The highest BCUT2D eigenvalue weighted by Gasteiger charge is 2.20. The van der Waals surface area contributed by atoms with E-state index in [2.05, 4.69) is 4.72 Å². The molecular formula is C12H17ClFNO2S. The van der Waals surface area contributed by atoms with Crippen LogP contribution in [0, 0.1) is 19.7 Å². The maximum atomic E-state index is 13.1. The van der Waals surface area contributed by atoms with Crippen molar-refractivity contribution in [3.05, 3.63) is 29.1 Å². The number of sulfonamides is 1. The van der Waals surface area contributed by atoms with Crippen LogP contribution in [0.5, 0.6) is 0 Å². The molecule has 1 N–H and O–H groups in total. The van der Waals surface area contributed by atoms with E-state index < -0.39 is 15.8 Å². The number of hydrogen-bond acceptors (Lipinski definition) is 2. The Balaban J connectivity index is 3.06. The molecule has 0 heterocycles. The van der Waals surface area contributed by atoms with Gasteiger partial charge in [-0.25, -0.2) is 17.5 Å². The molecular weight excluding hydrogens is 277 g/mol. The molecule has 18 heavy (non-hydrogen) atoms. The molecule has 102 valence electrons. The number of nitrogens with one attached hydrogen (secondary N) is 1. The number of halogens is 2. The van der Waals surface area contributed by atoms with Crippen LogP contribution in [0.25, 0.3) is 0 Å². The molecule has 3 nitrogen and oxygen atoms in total. The lowest BCUT2D eigenvalue weighted by atomic mass is 10.1. The smallest absolute Gasteiger partial charge is 0.210 e. The van der Waals surface area contributed by atoms with Gasteiger partial charge < -0.3 is 0 Å². The van der Waals surface area contributed by atoms with E-state index >= 15 is 0 Å². The fourth-order valence-electron chi connectivity index (χ4n) is 1.74. The number of hydrogen-bond donors (Lipinski definition) is 1. The Labute approximate surface area is 112 Å². The van der Waals surface area contributed by atoms with E-state index in [9.17, 15) is 12.8 Å². The van der Waals surface area contributed by atoms with Crippen LogP contribution in [-0.2, 0) is 10.0 Å². The van der Waals surface area contributed by atoms with Gasteiger partial charge in [0, 0.05) is 11.9 Å². The highest BCUT2D eigenvalue weighted by molar-refractivity contribution is 7.89. The van der Waals surface area contributed by atoms with Gasteiger partial charge in [0.05, 0.1) is 4.90 Å². The molecule has 1 atom stereocenters. The highest BCUT2D eigenvalue weighted by Crippen LogP contribution is 2.21. The molecule has 0 saturated heterocycles. The van der Waals surface area contributed by atoms with E-state index in [0.717, 1.165) is 0 Å². The van der Waals surface area contributed by atoms with Gasteiger partial charge in [-0.3, -0.25) is 0 Å². The third kappa shape index (κ3) is 3.67. The van der Waals surface area contributed by atoms with Gasteiger partial charge in [0.15, 0.2) is 0 Å². The van der Waals surface area contributed by atoms with E-state index in [1.54, 1.807) is 13.8 Å². The van der Waals surface area contributed by atoms with Crippen molar-refractivity contribution in [1.82, 2.24) is 4.72 Å². The van der Waals surface area contributed by atoms with Crippen molar-refractivity contribution in [3.8, 4) is 0 Å². The van der Waals surface area contributed by atoms with E-state index in [-0.39, 0.29) is 16.8 Å². The zero-order valence-electron chi connectivity index (χ0n) is 10.6. The molecule has 0 aliphatic carbocycles. The van der Waals surface area contributed by atoms with Crippen molar-refractivity contribution in [3.63, 3.8) is 0 Å². The van der Waals surface area contributed by atoms with Crippen molar-refractivity contribution in [2.75, 3.05) is 6.54 Å². The first kappa shape index (κ1) is 15.4. The molecule has 0 spiro atoms. The summed E-state index contributed by atoms with van der Waals surface area (Å²) in [6.07, 6.45) is 0.672. The molecule has 1 unspecified atom stereocenters. The van der Waals surface area contributed by atoms with Crippen LogP contribution in [0.2, 0.25) is 0 Å². The standard InChI is InChI=1S/C12H17ClFNO2S/c1-4-10(13)7-15-18(16,17)12-8(2)5-11(14)6-9(12)3/h5-6,10,15H,4,7H2,1-3H3. The van der Waals surface area contributed by atoms with Gasteiger partial charge in [-0.15, -0.1) is 11.6 Å². The summed E-state index contributed by atoms with van der Waals surface area (Å²) in [6.45, 7) is 5.18. The van der Waals surface area contributed by atoms with Gasteiger partial charge >= 0.3 is 0 Å². The van der Waals surface area contributed by atoms with E-state index in [0.29, 0.717) is 17.5 Å². The predicted octanol–water partition coefficient (Wildman–Crippen LogP) is 2.74. The Morgan fingerprint density at radius 1 is 1.33 bits per heavy atom. The Morgan fingerprint density at radius 3 is 2.28 bits per heavy atom. The third-order valence-electron chi connectivity index (χ3n) is 2.63. The van der Waals surface area contributed by atoms with Crippen molar-refractivity contribution < 1.29 is 12.8 Å². The summed E-state index contributed by atoms with van der Waals surface area (Å²) in [4.78, 5) is 0.129. The summed E-state index contributed by atoms with van der Waals surface area (Å²) in [5.74, 6) is -0.437. The quantitative estimate of drug-likeness (QED) is 0.849. The second kappa shape index (κ2) is 5.99. The number of rotatable bonds is 5. The maximum Gasteiger partial charge on any atom is 0.241 e. The molecule has 1 rings (SSSR count). The minimum atomic E-state index is -3.64. The maximum absolute atomic E-state index is 13.1. The lowest BCUT2D eigenvalue weighted by molar-refractivity contribution is 0.576. The minimum absolute atomic E-state index is 0.129. The largest absolute Gasteiger partial charge is 0.241 e. The molecule has 0 aliphatic rings. The Bertz CT molecular complexity index is 508. The Morgan fingerprint density at radius 2 is 1.83 bits per heavy atom. The predicted molar refractivity (Wildman–Crippen MR) is 71.0 cm³/mol. The number of aryl methyl sites for hydroxylation is 2. The van der Waals surface area contributed by atoms with E-state index in [1.165, 1.54) is 12.1 Å². The first-order valence-electron chi connectivity index (χ1n) is 5.68. The van der Waals surface area contributed by atoms with Crippen LogP contribution < -0.4 is 4.72 Å². The topological polar surface area (TPSA) is 46.2 Å². The van der Waals surface area contributed by atoms with E-state index in [1.807, 2.05) is 6.92 Å². The van der Waals surface area contributed by atoms with Crippen LogP contribution in [-0.4, -0.2) is 20.3 Å². The van der Waals surface area contributed by atoms with Gasteiger partial charge in [0.1, 0.15) is 5.82 Å². The monoisotopic (exact) mass is 293 g/mol. The summed E-state index contributed by atoms with van der Waals surface area (Å²) in [5, 5.41) is -0.249. The summed E-state index contributed by atoms with van der Waals surface area (Å²) in [7, 11) is -3.64. The second-order valence-electron chi connectivity index (χ2n) is 4.23. The molecule has 1 aromatic carbocycles. The SMILES string of the molecule is CCC(Cl)CNS(=O)(=O)c1c(C)cc(F)cc1C. The van der Waals surface area contributed by atoms with Crippen LogP contribution in [0.4, 0.5) is 4.39 Å². The summed E-state index contributed by atoms with van der Waals surface area (Å²) in [6, 6.07) is 2.42. The highest BCUT2D eigenvalue weighted by atomic mass is 35.5. The van der Waals surface area contributed by atoms with Crippen molar-refractivity contribution in [2.45, 2.75) is 37.5 Å². The molecule has 0 saturated carbocycles. The van der Waals surface area contributed by atoms with Crippen LogP contribution in [0.3, 0.4) is 0 Å². The zero-order valence-corrected chi connectivity index (χ0v) is 12.2. The Kier molecular flexibility index (Phi) is 5.13. The lowest BCUT2D eigenvalue weighted by Crippen LogP contribution is -2.30. The van der Waals surface area contributed by atoms with Crippen molar-refractivity contribution >= 4 is 21.6 Å². The molecule has 0 bridgehead atoms. The summed E-state index contributed by atoms with van der Waals surface area (Å²) in [5.41, 5.74) is 0.783. The van der Waals surface area contributed by atoms with Crippen LogP contribution in [0.15, 0.2) is 17.0 Å². The average Bonchev–Trinajstić information content (AvgIpc) is 2.24. The third-order valence-corrected chi connectivity index (χ3v) is 4.82. The van der Waals surface area contributed by atoms with Crippen LogP contribution in [0.1, 0.15) is 24.5 Å². The zero-order chi connectivity index (χ0) is 13.9. The van der Waals surface area contributed by atoms with Crippen molar-refractivity contribution in [2.24, 2.45) is 0 Å². The van der Waals surface area contributed by atoms with Gasteiger partial charge in [0.2, 0.25) is 10.0 Å². The molecule has 0 aromatic heterocycles. The molecule has 6 heteroatoms. The summed E-state index contributed by atoms with van der Waals surface area (Å²) >= 11 is 5.88.